The third kappa shape index (κ3) is 1.77. The number of ether oxygens (including phenoxy) is 2. The monoisotopic (exact) mass is 274 g/mol. The van der Waals surface area contributed by atoms with Crippen LogP contribution in [-0.4, -0.2) is 43.7 Å². The fourth-order valence-corrected chi connectivity index (χ4v) is 3.28. The minimum Gasteiger partial charge on any atom is -0.378 e. The minimum absolute atomic E-state index is 0.0542. The molecule has 4 rings (SSSR count). The Kier molecular flexibility index (Phi) is 2.79. The highest BCUT2D eigenvalue weighted by Gasteiger charge is 2.45. The van der Waals surface area contributed by atoms with Gasteiger partial charge in [0.1, 0.15) is 12.4 Å². The Morgan fingerprint density at radius 2 is 2.05 bits per heavy atom. The maximum absolute atomic E-state index is 12.0. The molecule has 0 atom stereocenters. The smallest absolute Gasteiger partial charge is 0.190 e. The minimum atomic E-state index is -0.215. The highest BCUT2D eigenvalue weighted by Crippen LogP contribution is 2.48. The molecule has 1 spiro atoms. The van der Waals surface area contributed by atoms with Crippen molar-refractivity contribution >= 4 is 11.6 Å². The average Bonchev–Trinajstić information content (AvgIpc) is 2.47. The van der Waals surface area contributed by atoms with E-state index < -0.39 is 0 Å². The van der Waals surface area contributed by atoms with Crippen LogP contribution in [0.3, 0.4) is 0 Å². The fraction of sp³-hybridized carbons (Fsp3) is 0.600. The number of Topliss-reactive ketones (excluding diaryl/α,β-unsaturated/α-hetero) is 1. The van der Waals surface area contributed by atoms with Crippen LogP contribution in [-0.2, 0) is 15.1 Å². The summed E-state index contributed by atoms with van der Waals surface area (Å²) in [6.07, 6.45) is 4.94. The SMILES string of the molecule is O=C1COC2(CCC2)c2cc(N3CCOCC3)ncc21. The lowest BCUT2D eigenvalue weighted by Crippen LogP contribution is -2.44. The lowest BCUT2D eigenvalue weighted by molar-refractivity contribution is -0.102. The fourth-order valence-electron chi connectivity index (χ4n) is 3.28. The molecule has 0 aromatic carbocycles. The second kappa shape index (κ2) is 4.53. The van der Waals surface area contributed by atoms with Gasteiger partial charge in [-0.25, -0.2) is 4.98 Å². The number of carbonyl (C=O) groups excluding carboxylic acids is 1. The molecule has 0 amide bonds. The van der Waals surface area contributed by atoms with Crippen molar-refractivity contribution in [2.24, 2.45) is 0 Å². The van der Waals surface area contributed by atoms with Gasteiger partial charge in [-0.15, -0.1) is 0 Å². The topological polar surface area (TPSA) is 51.7 Å². The molecule has 106 valence electrons. The van der Waals surface area contributed by atoms with Crippen LogP contribution in [0.2, 0.25) is 0 Å². The van der Waals surface area contributed by atoms with Crippen molar-refractivity contribution in [3.8, 4) is 0 Å². The van der Waals surface area contributed by atoms with Gasteiger partial charge in [-0.2, -0.15) is 0 Å². The van der Waals surface area contributed by atoms with Crippen LogP contribution in [0, 0.1) is 0 Å². The number of ketones is 1. The van der Waals surface area contributed by atoms with Gasteiger partial charge in [0.05, 0.1) is 18.8 Å². The molecule has 1 aliphatic carbocycles. The van der Waals surface area contributed by atoms with E-state index in [1.807, 2.05) is 0 Å². The first-order valence-electron chi connectivity index (χ1n) is 7.29. The van der Waals surface area contributed by atoms with E-state index in [0.717, 1.165) is 56.1 Å². The van der Waals surface area contributed by atoms with Gasteiger partial charge in [0.25, 0.3) is 0 Å². The van der Waals surface area contributed by atoms with Gasteiger partial charge in [-0.1, -0.05) is 0 Å². The van der Waals surface area contributed by atoms with Crippen LogP contribution in [0.15, 0.2) is 12.3 Å². The largest absolute Gasteiger partial charge is 0.378 e. The van der Waals surface area contributed by atoms with Gasteiger partial charge in [-0.3, -0.25) is 4.79 Å². The first-order chi connectivity index (χ1) is 9.78. The lowest BCUT2D eigenvalue weighted by Gasteiger charge is -2.45. The highest BCUT2D eigenvalue weighted by atomic mass is 16.5. The number of aromatic nitrogens is 1. The second-order valence-electron chi connectivity index (χ2n) is 5.75. The molecule has 5 heteroatoms. The molecule has 1 saturated carbocycles. The van der Waals surface area contributed by atoms with Crippen LogP contribution < -0.4 is 4.90 Å². The maximum atomic E-state index is 12.0. The predicted molar refractivity (Wildman–Crippen MR) is 73.1 cm³/mol. The number of rotatable bonds is 1. The van der Waals surface area contributed by atoms with Crippen molar-refractivity contribution in [3.05, 3.63) is 23.4 Å². The number of anilines is 1. The number of hydrogen-bond donors (Lipinski definition) is 0. The summed E-state index contributed by atoms with van der Waals surface area (Å²) in [5.41, 5.74) is 1.59. The number of morpholine rings is 1. The molecule has 0 unspecified atom stereocenters. The molecule has 2 aliphatic heterocycles. The van der Waals surface area contributed by atoms with Crippen molar-refractivity contribution in [1.82, 2.24) is 4.98 Å². The normalized spacial score (nSPS) is 24.4. The van der Waals surface area contributed by atoms with Gasteiger partial charge in [0, 0.05) is 24.8 Å². The molecule has 5 nitrogen and oxygen atoms in total. The molecule has 0 bridgehead atoms. The summed E-state index contributed by atoms with van der Waals surface area (Å²) in [7, 11) is 0. The van der Waals surface area contributed by atoms with Gasteiger partial charge >= 0.3 is 0 Å². The van der Waals surface area contributed by atoms with Crippen LogP contribution in [0.4, 0.5) is 5.82 Å². The summed E-state index contributed by atoms with van der Waals surface area (Å²) in [5.74, 6) is 0.996. The molecular weight excluding hydrogens is 256 g/mol. The zero-order valence-electron chi connectivity index (χ0n) is 11.4. The Balaban J connectivity index is 1.74. The summed E-state index contributed by atoms with van der Waals surface area (Å²) in [5, 5.41) is 0. The number of nitrogens with zero attached hydrogens (tertiary/aromatic N) is 2. The van der Waals surface area contributed by atoms with E-state index in [0.29, 0.717) is 0 Å². The Morgan fingerprint density at radius 1 is 1.25 bits per heavy atom. The first kappa shape index (κ1) is 12.3. The third-order valence-electron chi connectivity index (χ3n) is 4.66. The second-order valence-corrected chi connectivity index (χ2v) is 5.75. The quantitative estimate of drug-likeness (QED) is 0.777. The van der Waals surface area contributed by atoms with Crippen molar-refractivity contribution in [3.63, 3.8) is 0 Å². The summed E-state index contributed by atoms with van der Waals surface area (Å²) in [6.45, 7) is 3.38. The van der Waals surface area contributed by atoms with E-state index in [1.54, 1.807) is 6.20 Å². The number of pyridine rings is 1. The summed E-state index contributed by atoms with van der Waals surface area (Å²) in [4.78, 5) is 18.7. The van der Waals surface area contributed by atoms with Crippen molar-refractivity contribution in [1.29, 1.82) is 0 Å². The molecule has 2 fully saturated rings. The predicted octanol–water partition coefficient (Wildman–Crippen LogP) is 1.51. The molecule has 3 heterocycles. The highest BCUT2D eigenvalue weighted by molar-refractivity contribution is 5.99. The standard InChI is InChI=1S/C15H18N2O3/c18-13-10-20-15(2-1-3-15)12-8-14(16-9-11(12)13)17-4-6-19-7-5-17/h8-9H,1-7,10H2. The first-order valence-corrected chi connectivity index (χ1v) is 7.29. The zero-order valence-corrected chi connectivity index (χ0v) is 11.4. The van der Waals surface area contributed by atoms with E-state index in [9.17, 15) is 4.79 Å². The van der Waals surface area contributed by atoms with Gasteiger partial charge < -0.3 is 14.4 Å². The van der Waals surface area contributed by atoms with Crippen molar-refractivity contribution < 1.29 is 14.3 Å². The zero-order chi connectivity index (χ0) is 13.6. The molecule has 1 aromatic rings. The molecule has 0 N–H and O–H groups in total. The van der Waals surface area contributed by atoms with Gasteiger partial charge in [0.15, 0.2) is 5.78 Å². The summed E-state index contributed by atoms with van der Waals surface area (Å²) >= 11 is 0. The molecule has 0 radical (unpaired) electrons. The van der Waals surface area contributed by atoms with E-state index in [1.165, 1.54) is 6.42 Å². The Hall–Kier alpha value is -1.46. The van der Waals surface area contributed by atoms with E-state index in [2.05, 4.69) is 16.0 Å². The van der Waals surface area contributed by atoms with Crippen LogP contribution in [0.25, 0.3) is 0 Å². The molecule has 20 heavy (non-hydrogen) atoms. The maximum Gasteiger partial charge on any atom is 0.190 e. The molecule has 1 saturated heterocycles. The number of carbonyl (C=O) groups is 1. The van der Waals surface area contributed by atoms with Gasteiger partial charge in [0.2, 0.25) is 0 Å². The Bertz CT molecular complexity index is 548. The number of fused-ring (bicyclic) bond motifs is 2. The van der Waals surface area contributed by atoms with Crippen LogP contribution >= 0.6 is 0 Å². The summed E-state index contributed by atoms with van der Waals surface area (Å²) < 4.78 is 11.2. The van der Waals surface area contributed by atoms with Crippen LogP contribution in [0.5, 0.6) is 0 Å². The number of hydrogen-bond acceptors (Lipinski definition) is 5. The molecular formula is C15H18N2O3. The van der Waals surface area contributed by atoms with E-state index in [-0.39, 0.29) is 18.0 Å². The summed E-state index contributed by atoms with van der Waals surface area (Å²) in [6, 6.07) is 2.07. The van der Waals surface area contributed by atoms with E-state index in [4.69, 9.17) is 9.47 Å². The molecule has 1 aromatic heterocycles. The average molecular weight is 274 g/mol. The Morgan fingerprint density at radius 3 is 2.75 bits per heavy atom. The Labute approximate surface area is 117 Å². The van der Waals surface area contributed by atoms with Gasteiger partial charge in [-0.05, 0) is 30.9 Å². The van der Waals surface area contributed by atoms with E-state index >= 15 is 0 Å². The lowest BCUT2D eigenvalue weighted by atomic mass is 9.72. The van der Waals surface area contributed by atoms with Crippen molar-refractivity contribution in [2.45, 2.75) is 24.9 Å². The van der Waals surface area contributed by atoms with Crippen molar-refractivity contribution in [2.75, 3.05) is 37.8 Å². The molecule has 3 aliphatic rings. The van der Waals surface area contributed by atoms with Crippen LogP contribution in [0.1, 0.15) is 35.2 Å². The third-order valence-corrected chi connectivity index (χ3v) is 4.66.